The summed E-state index contributed by atoms with van der Waals surface area (Å²) < 4.78 is 88.9. The molecule has 0 heterocycles. The van der Waals surface area contributed by atoms with Crippen molar-refractivity contribution in [3.63, 3.8) is 0 Å². The summed E-state index contributed by atoms with van der Waals surface area (Å²) in [5.41, 5.74) is -1.36. The molecular weight excluding hydrogens is 382 g/mol. The number of hydrogen-bond donors (Lipinski definition) is 0. The Morgan fingerprint density at radius 1 is 0.852 bits per heavy atom. The van der Waals surface area contributed by atoms with E-state index in [0.29, 0.717) is 0 Å². The third-order valence-electron chi connectivity index (χ3n) is 3.13. The molecule has 0 aromatic heterocycles. The highest BCUT2D eigenvalue weighted by Gasteiger charge is 2.36. The Hall–Kier alpha value is -2.91. The van der Waals surface area contributed by atoms with E-state index in [-0.39, 0.29) is 12.2 Å². The molecule has 10 heteroatoms. The number of carbonyl (C=O) groups is 1. The largest absolute Gasteiger partial charge is 0.573 e. The van der Waals surface area contributed by atoms with Gasteiger partial charge in [-0.15, -0.1) is 26.3 Å². The van der Waals surface area contributed by atoms with Crippen molar-refractivity contribution in [2.24, 2.45) is 0 Å². The minimum atomic E-state index is -5.20. The fraction of sp³-hybridized carbons (Fsp3) is 0.235. The average Bonchev–Trinajstić information content (AvgIpc) is 2.53. The van der Waals surface area contributed by atoms with Crippen LogP contribution in [0.1, 0.15) is 17.3 Å². The van der Waals surface area contributed by atoms with Crippen molar-refractivity contribution in [1.29, 1.82) is 0 Å². The van der Waals surface area contributed by atoms with Crippen LogP contribution in [0.25, 0.3) is 11.1 Å². The first kappa shape index (κ1) is 20.4. The zero-order valence-electron chi connectivity index (χ0n) is 13.6. The molecule has 27 heavy (non-hydrogen) atoms. The predicted octanol–water partition coefficient (Wildman–Crippen LogP) is 5.33. The second kappa shape index (κ2) is 7.77. The van der Waals surface area contributed by atoms with E-state index >= 15 is 0 Å². The zero-order valence-corrected chi connectivity index (χ0v) is 13.6. The molecule has 0 atom stereocenters. The van der Waals surface area contributed by atoms with Crippen molar-refractivity contribution in [3.8, 4) is 22.6 Å². The molecule has 0 amide bonds. The molecule has 2 aromatic rings. The summed E-state index contributed by atoms with van der Waals surface area (Å²) in [6, 6.07) is 7.82. The first-order valence-corrected chi connectivity index (χ1v) is 7.43. The van der Waals surface area contributed by atoms with Crippen molar-refractivity contribution < 1.29 is 45.3 Å². The Kier molecular flexibility index (Phi) is 5.87. The van der Waals surface area contributed by atoms with Crippen molar-refractivity contribution >= 4 is 5.97 Å². The molecule has 4 nitrogen and oxygen atoms in total. The van der Waals surface area contributed by atoms with Crippen LogP contribution < -0.4 is 9.47 Å². The van der Waals surface area contributed by atoms with Crippen molar-refractivity contribution in [2.75, 3.05) is 6.61 Å². The number of carbonyl (C=O) groups excluding carboxylic acids is 1. The van der Waals surface area contributed by atoms with E-state index < -0.39 is 41.3 Å². The van der Waals surface area contributed by atoms with E-state index in [4.69, 9.17) is 0 Å². The molecule has 0 aliphatic heterocycles. The summed E-state index contributed by atoms with van der Waals surface area (Å²) in [6.45, 7) is 1.32. The molecule has 0 spiro atoms. The maximum Gasteiger partial charge on any atom is 0.573 e. The van der Waals surface area contributed by atoms with E-state index in [0.717, 1.165) is 24.3 Å². The van der Waals surface area contributed by atoms with Crippen molar-refractivity contribution in [2.45, 2.75) is 19.6 Å². The highest BCUT2D eigenvalue weighted by atomic mass is 19.4. The Labute approximate surface area is 149 Å². The third kappa shape index (κ3) is 5.53. The summed E-state index contributed by atoms with van der Waals surface area (Å²) in [5, 5.41) is 0. The Bertz CT molecular complexity index is 814. The van der Waals surface area contributed by atoms with Gasteiger partial charge in [0.15, 0.2) is 5.75 Å². The molecule has 2 aromatic carbocycles. The molecule has 0 aliphatic rings. The van der Waals surface area contributed by atoms with Crippen molar-refractivity contribution in [1.82, 2.24) is 0 Å². The van der Waals surface area contributed by atoms with Crippen LogP contribution >= 0.6 is 0 Å². The molecule has 146 valence electrons. The number of hydrogen-bond acceptors (Lipinski definition) is 4. The van der Waals surface area contributed by atoms with Gasteiger partial charge in [0.05, 0.1) is 6.61 Å². The van der Waals surface area contributed by atoms with E-state index in [9.17, 15) is 31.1 Å². The normalized spacial score (nSPS) is 11.8. The summed E-state index contributed by atoms with van der Waals surface area (Å²) >= 11 is 0. The highest BCUT2D eigenvalue weighted by Crippen LogP contribution is 2.42. The fourth-order valence-electron chi connectivity index (χ4n) is 2.25. The van der Waals surface area contributed by atoms with Crippen LogP contribution in [0.3, 0.4) is 0 Å². The lowest BCUT2D eigenvalue weighted by atomic mass is 10.0. The van der Waals surface area contributed by atoms with Gasteiger partial charge >= 0.3 is 18.7 Å². The maximum atomic E-state index is 12.9. The lowest BCUT2D eigenvalue weighted by Gasteiger charge is -2.19. The van der Waals surface area contributed by atoms with Gasteiger partial charge in [-0.05, 0) is 19.1 Å². The smallest absolute Gasteiger partial charge is 0.462 e. The highest BCUT2D eigenvalue weighted by molar-refractivity contribution is 5.96. The van der Waals surface area contributed by atoms with E-state index in [1.807, 2.05) is 0 Å². The molecule has 0 saturated heterocycles. The van der Waals surface area contributed by atoms with Gasteiger partial charge in [0.25, 0.3) is 0 Å². The number of rotatable bonds is 5. The Balaban J connectivity index is 2.67. The van der Waals surface area contributed by atoms with Crippen LogP contribution in [-0.4, -0.2) is 25.3 Å². The fourth-order valence-corrected chi connectivity index (χ4v) is 2.25. The van der Waals surface area contributed by atoms with Gasteiger partial charge < -0.3 is 14.2 Å². The lowest BCUT2D eigenvalue weighted by molar-refractivity contribution is -0.276. The predicted molar refractivity (Wildman–Crippen MR) is 81.2 cm³/mol. The zero-order chi connectivity index (χ0) is 20.2. The molecule has 0 radical (unpaired) electrons. The number of ether oxygens (including phenoxy) is 3. The Morgan fingerprint density at radius 2 is 1.44 bits per heavy atom. The van der Waals surface area contributed by atoms with Gasteiger partial charge in [-0.3, -0.25) is 0 Å². The first-order valence-electron chi connectivity index (χ1n) is 7.43. The first-order chi connectivity index (χ1) is 12.5. The minimum Gasteiger partial charge on any atom is -0.462 e. The second-order valence-corrected chi connectivity index (χ2v) is 4.99. The quantitative estimate of drug-likeness (QED) is 0.508. The molecular formula is C17H12F6O4. The van der Waals surface area contributed by atoms with Crippen LogP contribution in [-0.2, 0) is 4.74 Å². The van der Waals surface area contributed by atoms with E-state index in [2.05, 4.69) is 14.2 Å². The molecule has 0 aliphatic carbocycles. The number of benzene rings is 2. The number of para-hydroxylation sites is 2. The van der Waals surface area contributed by atoms with Gasteiger partial charge in [-0.25, -0.2) is 4.79 Å². The van der Waals surface area contributed by atoms with Gasteiger partial charge in [0.1, 0.15) is 11.3 Å². The Morgan fingerprint density at radius 3 is 2.04 bits per heavy atom. The summed E-state index contributed by atoms with van der Waals surface area (Å²) in [4.78, 5) is 12.0. The van der Waals surface area contributed by atoms with Gasteiger partial charge in [-0.2, -0.15) is 0 Å². The summed E-state index contributed by atoms with van der Waals surface area (Å²) in [7, 11) is 0. The average molecular weight is 394 g/mol. The monoisotopic (exact) mass is 394 g/mol. The maximum absolute atomic E-state index is 12.9. The number of esters is 1. The standard InChI is InChI=1S/C17H12F6O4/c1-2-25-15(24)12-8-5-7-11(14(12)27-17(21,22)23)10-6-3-4-9-13(10)26-16(18,19)20/h3-9H,2H2,1H3. The van der Waals surface area contributed by atoms with Crippen LogP contribution in [0.5, 0.6) is 11.5 Å². The molecule has 0 N–H and O–H groups in total. The van der Waals surface area contributed by atoms with Gasteiger partial charge in [-0.1, -0.05) is 30.3 Å². The molecule has 0 unspecified atom stereocenters. The SMILES string of the molecule is CCOC(=O)c1cccc(-c2ccccc2OC(F)(F)F)c1OC(F)(F)F. The van der Waals surface area contributed by atoms with Crippen LogP contribution in [0.15, 0.2) is 42.5 Å². The van der Waals surface area contributed by atoms with Crippen LogP contribution in [0, 0.1) is 0 Å². The second-order valence-electron chi connectivity index (χ2n) is 4.99. The molecule has 0 bridgehead atoms. The molecule has 2 rings (SSSR count). The lowest BCUT2D eigenvalue weighted by Crippen LogP contribution is -2.21. The molecule has 0 fully saturated rings. The molecule has 0 saturated carbocycles. The van der Waals surface area contributed by atoms with Crippen LogP contribution in [0.4, 0.5) is 26.3 Å². The number of halogens is 6. The summed E-state index contributed by atoms with van der Waals surface area (Å²) in [6.07, 6.45) is -10.3. The van der Waals surface area contributed by atoms with E-state index in [1.165, 1.54) is 25.1 Å². The van der Waals surface area contributed by atoms with Gasteiger partial charge in [0.2, 0.25) is 0 Å². The van der Waals surface area contributed by atoms with Crippen molar-refractivity contribution in [3.05, 3.63) is 48.0 Å². The van der Waals surface area contributed by atoms with E-state index in [1.54, 1.807) is 0 Å². The van der Waals surface area contributed by atoms with Crippen LogP contribution in [0.2, 0.25) is 0 Å². The van der Waals surface area contributed by atoms with Gasteiger partial charge in [0, 0.05) is 11.1 Å². The minimum absolute atomic E-state index is 0.123. The number of alkyl halides is 6. The summed E-state index contributed by atoms with van der Waals surface area (Å²) in [5.74, 6) is -2.85. The topological polar surface area (TPSA) is 44.8 Å². The third-order valence-corrected chi connectivity index (χ3v) is 3.13.